The van der Waals surface area contributed by atoms with Crippen LogP contribution in [-0.2, 0) is 0 Å². The van der Waals surface area contributed by atoms with E-state index in [9.17, 15) is 9.90 Å². The van der Waals surface area contributed by atoms with Crippen molar-refractivity contribution in [3.8, 4) is 0 Å². The van der Waals surface area contributed by atoms with Gasteiger partial charge in [-0.15, -0.1) is 0 Å². The molecule has 0 aliphatic carbocycles. The van der Waals surface area contributed by atoms with Gasteiger partial charge >= 0.3 is 0 Å². The van der Waals surface area contributed by atoms with Gasteiger partial charge in [-0.1, -0.05) is 48.0 Å². The molecule has 1 aliphatic rings. The van der Waals surface area contributed by atoms with Crippen molar-refractivity contribution in [1.82, 2.24) is 0 Å². The van der Waals surface area contributed by atoms with Gasteiger partial charge in [-0.25, -0.2) is 0 Å². The van der Waals surface area contributed by atoms with Crippen LogP contribution in [0.3, 0.4) is 0 Å². The van der Waals surface area contributed by atoms with Gasteiger partial charge in [-0.3, -0.25) is 4.79 Å². The van der Waals surface area contributed by atoms with Gasteiger partial charge in [0.05, 0.1) is 18.3 Å². The highest BCUT2D eigenvalue weighted by Crippen LogP contribution is 2.38. The van der Waals surface area contributed by atoms with E-state index in [1.807, 2.05) is 36.4 Å². The molecule has 1 N–H and O–H groups in total. The maximum Gasteiger partial charge on any atom is 0.259 e. The van der Waals surface area contributed by atoms with Crippen LogP contribution in [0.1, 0.15) is 22.0 Å². The number of benzene rings is 3. The van der Waals surface area contributed by atoms with Gasteiger partial charge in [-0.2, -0.15) is 0 Å². The lowest BCUT2D eigenvalue weighted by atomic mass is 10.1. The maximum absolute atomic E-state index is 12.7. The molecule has 114 valence electrons. The average Bonchev–Trinajstić information content (AvgIpc) is 2.84. The van der Waals surface area contributed by atoms with Crippen molar-refractivity contribution in [2.24, 2.45) is 0 Å². The number of amides is 1. The van der Waals surface area contributed by atoms with Gasteiger partial charge in [0.15, 0.2) is 0 Å². The zero-order valence-corrected chi connectivity index (χ0v) is 13.0. The molecular formula is C19H14ClNO2. The largest absolute Gasteiger partial charge is 0.387 e. The Kier molecular flexibility index (Phi) is 3.33. The lowest BCUT2D eigenvalue weighted by Gasteiger charge is -2.21. The molecule has 0 spiro atoms. The van der Waals surface area contributed by atoms with Crippen LogP contribution in [0.4, 0.5) is 5.69 Å². The second kappa shape index (κ2) is 5.37. The summed E-state index contributed by atoms with van der Waals surface area (Å²) in [4.78, 5) is 14.3. The minimum atomic E-state index is -0.763. The Balaban J connectivity index is 1.70. The number of hydrogen-bond acceptors (Lipinski definition) is 2. The van der Waals surface area contributed by atoms with Gasteiger partial charge in [0.1, 0.15) is 0 Å². The van der Waals surface area contributed by atoms with Gasteiger partial charge in [0, 0.05) is 16.0 Å². The highest BCUT2D eigenvalue weighted by atomic mass is 35.5. The number of carbonyl (C=O) groups is 1. The number of halogens is 1. The van der Waals surface area contributed by atoms with Gasteiger partial charge < -0.3 is 10.0 Å². The molecule has 1 amide bonds. The number of aliphatic hydroxyl groups is 1. The number of anilines is 1. The Morgan fingerprint density at radius 1 is 1.00 bits per heavy atom. The van der Waals surface area contributed by atoms with Crippen LogP contribution in [0.2, 0.25) is 5.02 Å². The summed E-state index contributed by atoms with van der Waals surface area (Å²) in [5, 5.41) is 13.1. The normalized spacial score (nSPS) is 14.5. The Morgan fingerprint density at radius 2 is 1.70 bits per heavy atom. The molecule has 1 aliphatic heterocycles. The smallest absolute Gasteiger partial charge is 0.259 e. The summed E-state index contributed by atoms with van der Waals surface area (Å²) < 4.78 is 0. The summed E-state index contributed by atoms with van der Waals surface area (Å²) >= 11 is 5.88. The van der Waals surface area contributed by atoms with E-state index in [1.165, 1.54) is 0 Å². The molecule has 0 saturated heterocycles. The van der Waals surface area contributed by atoms with E-state index in [4.69, 9.17) is 11.6 Å². The zero-order chi connectivity index (χ0) is 16.0. The van der Waals surface area contributed by atoms with Crippen molar-refractivity contribution in [3.63, 3.8) is 0 Å². The number of nitrogens with zero attached hydrogens (tertiary/aromatic N) is 1. The molecule has 0 aromatic heterocycles. The van der Waals surface area contributed by atoms with Crippen molar-refractivity contribution in [2.75, 3.05) is 11.4 Å². The SMILES string of the molecule is O=C1c2cccc3cccc(c23)N1C[C@H](O)c1ccc(Cl)cc1. The van der Waals surface area contributed by atoms with Crippen LogP contribution in [0.15, 0.2) is 60.7 Å². The first-order valence-electron chi connectivity index (χ1n) is 7.42. The van der Waals surface area contributed by atoms with E-state index in [0.29, 0.717) is 10.6 Å². The fraction of sp³-hybridized carbons (Fsp3) is 0.105. The zero-order valence-electron chi connectivity index (χ0n) is 12.2. The molecule has 0 unspecified atom stereocenters. The summed E-state index contributed by atoms with van der Waals surface area (Å²) in [6, 6.07) is 18.6. The van der Waals surface area contributed by atoms with Crippen LogP contribution >= 0.6 is 11.6 Å². The molecule has 4 rings (SSSR count). The molecule has 1 atom stereocenters. The molecule has 3 aromatic carbocycles. The van der Waals surface area contributed by atoms with Crippen molar-refractivity contribution in [3.05, 3.63) is 76.8 Å². The van der Waals surface area contributed by atoms with Crippen LogP contribution < -0.4 is 4.90 Å². The van der Waals surface area contributed by atoms with Gasteiger partial charge in [-0.05, 0) is 35.2 Å². The second-order valence-electron chi connectivity index (χ2n) is 5.66. The highest BCUT2D eigenvalue weighted by molar-refractivity contribution is 6.30. The third-order valence-corrected chi connectivity index (χ3v) is 4.51. The number of β-amino-alcohol motifs (C(OH)–C–C–N with tert-alkyl or cyclic N) is 1. The van der Waals surface area contributed by atoms with E-state index < -0.39 is 6.10 Å². The minimum absolute atomic E-state index is 0.0650. The molecule has 1 heterocycles. The molecule has 0 fully saturated rings. The van der Waals surface area contributed by atoms with Crippen molar-refractivity contribution in [1.29, 1.82) is 0 Å². The summed E-state index contributed by atoms with van der Waals surface area (Å²) in [7, 11) is 0. The molecule has 4 heteroatoms. The standard InChI is InChI=1S/C19H14ClNO2/c20-14-9-7-12(8-10-14)17(22)11-21-16-6-2-4-13-3-1-5-15(18(13)16)19(21)23/h1-10,17,22H,11H2/t17-/m0/s1. The lowest BCUT2D eigenvalue weighted by molar-refractivity contribution is 0.0969. The van der Waals surface area contributed by atoms with Crippen LogP contribution in [0, 0.1) is 0 Å². The first-order valence-corrected chi connectivity index (χ1v) is 7.80. The third kappa shape index (κ3) is 2.29. The Bertz CT molecular complexity index is 900. The molecule has 3 aromatic rings. The highest BCUT2D eigenvalue weighted by Gasteiger charge is 2.30. The lowest BCUT2D eigenvalue weighted by Crippen LogP contribution is -2.31. The molecule has 0 bridgehead atoms. The van der Waals surface area contributed by atoms with Gasteiger partial charge in [0.2, 0.25) is 0 Å². The maximum atomic E-state index is 12.7. The Morgan fingerprint density at radius 3 is 2.43 bits per heavy atom. The van der Waals surface area contributed by atoms with E-state index in [1.54, 1.807) is 29.2 Å². The molecular weight excluding hydrogens is 310 g/mol. The van der Waals surface area contributed by atoms with Crippen molar-refractivity contribution in [2.45, 2.75) is 6.10 Å². The third-order valence-electron chi connectivity index (χ3n) is 4.26. The number of rotatable bonds is 3. The molecule has 0 saturated carbocycles. The predicted molar refractivity (Wildman–Crippen MR) is 92.0 cm³/mol. The molecule has 3 nitrogen and oxygen atoms in total. The summed E-state index contributed by atoms with van der Waals surface area (Å²) in [5.74, 6) is -0.0650. The Labute approximate surface area is 138 Å². The van der Waals surface area contributed by atoms with E-state index >= 15 is 0 Å². The first-order chi connectivity index (χ1) is 11.1. The van der Waals surface area contributed by atoms with Gasteiger partial charge in [0.25, 0.3) is 5.91 Å². The quantitative estimate of drug-likeness (QED) is 0.785. The van der Waals surface area contributed by atoms with E-state index in [-0.39, 0.29) is 12.5 Å². The average molecular weight is 324 g/mol. The van der Waals surface area contributed by atoms with E-state index in [0.717, 1.165) is 22.0 Å². The predicted octanol–water partition coefficient (Wildman–Crippen LogP) is 4.19. The fourth-order valence-corrected chi connectivity index (χ4v) is 3.25. The summed E-state index contributed by atoms with van der Waals surface area (Å²) in [5.41, 5.74) is 2.29. The number of carbonyl (C=O) groups excluding carboxylic acids is 1. The number of aliphatic hydroxyl groups excluding tert-OH is 1. The number of hydrogen-bond donors (Lipinski definition) is 1. The first kappa shape index (κ1) is 14.2. The molecule has 0 radical (unpaired) electrons. The van der Waals surface area contributed by atoms with E-state index in [2.05, 4.69) is 0 Å². The fourth-order valence-electron chi connectivity index (χ4n) is 3.12. The van der Waals surface area contributed by atoms with Crippen LogP contribution in [0.25, 0.3) is 10.8 Å². The second-order valence-corrected chi connectivity index (χ2v) is 6.10. The van der Waals surface area contributed by atoms with Crippen LogP contribution in [0.5, 0.6) is 0 Å². The van der Waals surface area contributed by atoms with Crippen LogP contribution in [-0.4, -0.2) is 17.6 Å². The summed E-state index contributed by atoms with van der Waals surface area (Å²) in [6.45, 7) is 0.217. The topological polar surface area (TPSA) is 40.5 Å². The minimum Gasteiger partial charge on any atom is -0.387 e. The summed E-state index contributed by atoms with van der Waals surface area (Å²) in [6.07, 6.45) is -0.763. The van der Waals surface area contributed by atoms with Crippen molar-refractivity contribution < 1.29 is 9.90 Å². The Hall–Kier alpha value is -2.36. The molecule has 23 heavy (non-hydrogen) atoms. The van der Waals surface area contributed by atoms with Crippen molar-refractivity contribution >= 4 is 34.0 Å². The monoisotopic (exact) mass is 323 g/mol.